The van der Waals surface area contributed by atoms with Crippen molar-refractivity contribution in [3.63, 3.8) is 0 Å². The quantitative estimate of drug-likeness (QED) is 0.896. The average molecular weight is 319 g/mol. The van der Waals surface area contributed by atoms with Crippen molar-refractivity contribution in [1.82, 2.24) is 0 Å². The fourth-order valence-electron chi connectivity index (χ4n) is 1.97. The zero-order valence-corrected chi connectivity index (χ0v) is 13.1. The molecule has 116 valence electrons. The van der Waals surface area contributed by atoms with E-state index in [1.165, 1.54) is 12.1 Å². The van der Waals surface area contributed by atoms with Crippen molar-refractivity contribution < 1.29 is 13.2 Å². The normalized spacial score (nSPS) is 11.0. The van der Waals surface area contributed by atoms with Crippen LogP contribution < -0.4 is 15.4 Å². The van der Waals surface area contributed by atoms with E-state index in [-0.39, 0.29) is 10.8 Å². The van der Waals surface area contributed by atoms with E-state index in [4.69, 9.17) is 5.14 Å². The van der Waals surface area contributed by atoms with Crippen molar-refractivity contribution in [3.8, 4) is 0 Å². The number of nitrogens with one attached hydrogen (secondary N) is 1. The summed E-state index contributed by atoms with van der Waals surface area (Å²) in [4.78, 5) is 14.0. The number of benzene rings is 2. The van der Waals surface area contributed by atoms with Crippen LogP contribution in [0, 0.1) is 0 Å². The molecule has 0 heterocycles. The molecule has 0 fully saturated rings. The number of primary sulfonamides is 1. The van der Waals surface area contributed by atoms with Crippen LogP contribution in [0.1, 0.15) is 10.4 Å². The standard InChI is InChI=1S/C15H17N3O3S/c1-18(2)14-9-8-12(22(16,20)21)10-13(14)17-15(19)11-6-4-3-5-7-11/h3-10H,1-2H3,(H,17,19)(H2,16,20,21). The fraction of sp³-hybridized carbons (Fsp3) is 0.133. The molecule has 0 saturated carbocycles. The molecule has 0 saturated heterocycles. The summed E-state index contributed by atoms with van der Waals surface area (Å²) < 4.78 is 22.9. The lowest BCUT2D eigenvalue weighted by Gasteiger charge is -2.18. The monoisotopic (exact) mass is 319 g/mol. The first-order valence-electron chi connectivity index (χ1n) is 6.49. The summed E-state index contributed by atoms with van der Waals surface area (Å²) in [6.45, 7) is 0. The minimum absolute atomic E-state index is 0.0542. The molecule has 1 amide bonds. The molecule has 0 aliphatic rings. The van der Waals surface area contributed by atoms with Gasteiger partial charge >= 0.3 is 0 Å². The highest BCUT2D eigenvalue weighted by Gasteiger charge is 2.15. The number of nitrogens with two attached hydrogens (primary N) is 1. The Morgan fingerprint density at radius 3 is 2.27 bits per heavy atom. The van der Waals surface area contributed by atoms with Crippen LogP contribution >= 0.6 is 0 Å². The van der Waals surface area contributed by atoms with Gasteiger partial charge in [-0.15, -0.1) is 0 Å². The highest BCUT2D eigenvalue weighted by atomic mass is 32.2. The average Bonchev–Trinajstić information content (AvgIpc) is 2.47. The maximum Gasteiger partial charge on any atom is 0.255 e. The number of carbonyl (C=O) groups is 1. The Balaban J connectivity index is 2.42. The van der Waals surface area contributed by atoms with E-state index in [9.17, 15) is 13.2 Å². The van der Waals surface area contributed by atoms with Gasteiger partial charge in [0, 0.05) is 19.7 Å². The van der Waals surface area contributed by atoms with Gasteiger partial charge < -0.3 is 10.2 Å². The van der Waals surface area contributed by atoms with Gasteiger partial charge in [-0.1, -0.05) is 18.2 Å². The molecule has 0 aromatic heterocycles. The third-order valence-electron chi connectivity index (χ3n) is 3.06. The molecule has 0 aliphatic heterocycles. The van der Waals surface area contributed by atoms with Gasteiger partial charge in [0.05, 0.1) is 16.3 Å². The van der Waals surface area contributed by atoms with Gasteiger partial charge in [-0.05, 0) is 30.3 Å². The van der Waals surface area contributed by atoms with E-state index >= 15 is 0 Å². The molecule has 0 radical (unpaired) electrons. The van der Waals surface area contributed by atoms with Crippen LogP contribution in [0.4, 0.5) is 11.4 Å². The molecule has 22 heavy (non-hydrogen) atoms. The zero-order valence-electron chi connectivity index (χ0n) is 12.3. The molecular formula is C15H17N3O3S. The van der Waals surface area contributed by atoms with E-state index < -0.39 is 10.0 Å². The molecule has 0 atom stereocenters. The van der Waals surface area contributed by atoms with Crippen molar-refractivity contribution in [3.05, 3.63) is 54.1 Å². The predicted octanol–water partition coefficient (Wildman–Crippen LogP) is 1.65. The Hall–Kier alpha value is -2.38. The molecule has 3 N–H and O–H groups in total. The fourth-order valence-corrected chi connectivity index (χ4v) is 2.51. The van der Waals surface area contributed by atoms with E-state index in [1.54, 1.807) is 49.3 Å². The van der Waals surface area contributed by atoms with Gasteiger partial charge in [-0.3, -0.25) is 4.79 Å². The second kappa shape index (κ2) is 6.17. The molecule has 0 aliphatic carbocycles. The zero-order chi connectivity index (χ0) is 16.3. The van der Waals surface area contributed by atoms with Crippen LogP contribution in [0.3, 0.4) is 0 Å². The molecule has 2 aromatic rings. The van der Waals surface area contributed by atoms with Crippen LogP contribution in [0.15, 0.2) is 53.4 Å². The van der Waals surface area contributed by atoms with E-state index in [0.29, 0.717) is 16.9 Å². The molecule has 0 spiro atoms. The summed E-state index contributed by atoms with van der Waals surface area (Å²) in [6.07, 6.45) is 0. The van der Waals surface area contributed by atoms with Crippen molar-refractivity contribution in [2.24, 2.45) is 5.14 Å². The number of sulfonamides is 1. The van der Waals surface area contributed by atoms with Crippen molar-refractivity contribution in [2.75, 3.05) is 24.3 Å². The van der Waals surface area contributed by atoms with Crippen LogP contribution in [-0.2, 0) is 10.0 Å². The third-order valence-corrected chi connectivity index (χ3v) is 3.97. The first-order chi connectivity index (χ1) is 10.3. The minimum Gasteiger partial charge on any atom is -0.376 e. The summed E-state index contributed by atoms with van der Waals surface area (Å²) in [6, 6.07) is 13.0. The number of carbonyl (C=O) groups excluding carboxylic acids is 1. The Labute approximate surface area is 129 Å². The molecule has 2 rings (SSSR count). The maximum atomic E-state index is 12.2. The van der Waals surface area contributed by atoms with Crippen LogP contribution in [0.25, 0.3) is 0 Å². The highest BCUT2D eigenvalue weighted by Crippen LogP contribution is 2.27. The van der Waals surface area contributed by atoms with Gasteiger partial charge in [-0.2, -0.15) is 0 Å². The number of anilines is 2. The van der Waals surface area contributed by atoms with E-state index in [1.807, 2.05) is 6.07 Å². The lowest BCUT2D eigenvalue weighted by Crippen LogP contribution is -2.18. The van der Waals surface area contributed by atoms with Gasteiger partial charge in [-0.25, -0.2) is 13.6 Å². The number of amides is 1. The predicted molar refractivity (Wildman–Crippen MR) is 86.5 cm³/mol. The molecule has 6 nitrogen and oxygen atoms in total. The number of nitrogens with zero attached hydrogens (tertiary/aromatic N) is 1. The SMILES string of the molecule is CN(C)c1ccc(S(N)(=O)=O)cc1NC(=O)c1ccccc1. The number of hydrogen-bond donors (Lipinski definition) is 2. The topological polar surface area (TPSA) is 92.5 Å². The molecular weight excluding hydrogens is 302 g/mol. The summed E-state index contributed by atoms with van der Waals surface area (Å²) in [5, 5.41) is 7.86. The first kappa shape index (κ1) is 16.0. The van der Waals surface area contributed by atoms with E-state index in [2.05, 4.69) is 5.32 Å². The van der Waals surface area contributed by atoms with Crippen molar-refractivity contribution in [2.45, 2.75) is 4.90 Å². The second-order valence-electron chi connectivity index (χ2n) is 4.94. The molecule has 0 bridgehead atoms. The number of hydrogen-bond acceptors (Lipinski definition) is 4. The lowest BCUT2D eigenvalue weighted by atomic mass is 10.2. The largest absolute Gasteiger partial charge is 0.376 e. The minimum atomic E-state index is -3.84. The smallest absolute Gasteiger partial charge is 0.255 e. The van der Waals surface area contributed by atoms with Gasteiger partial charge in [0.25, 0.3) is 5.91 Å². The highest BCUT2D eigenvalue weighted by molar-refractivity contribution is 7.89. The summed E-state index contributed by atoms with van der Waals surface area (Å²) in [7, 11) is -0.247. The third kappa shape index (κ3) is 3.63. The second-order valence-corrected chi connectivity index (χ2v) is 6.50. The maximum absolute atomic E-state index is 12.2. The van der Waals surface area contributed by atoms with E-state index in [0.717, 1.165) is 0 Å². The van der Waals surface area contributed by atoms with Gasteiger partial charge in [0.2, 0.25) is 10.0 Å². The van der Waals surface area contributed by atoms with Crippen molar-refractivity contribution >= 4 is 27.3 Å². The lowest BCUT2D eigenvalue weighted by molar-refractivity contribution is 0.102. The Morgan fingerprint density at radius 2 is 1.73 bits per heavy atom. The summed E-state index contributed by atoms with van der Waals surface area (Å²) >= 11 is 0. The summed E-state index contributed by atoms with van der Waals surface area (Å²) in [5.74, 6) is -0.324. The molecule has 0 unspecified atom stereocenters. The van der Waals surface area contributed by atoms with Crippen LogP contribution in [0.5, 0.6) is 0 Å². The Morgan fingerprint density at radius 1 is 1.09 bits per heavy atom. The van der Waals surface area contributed by atoms with Crippen LogP contribution in [0.2, 0.25) is 0 Å². The van der Waals surface area contributed by atoms with Crippen LogP contribution in [-0.4, -0.2) is 28.4 Å². The number of rotatable bonds is 4. The molecule has 2 aromatic carbocycles. The Bertz CT molecular complexity index is 787. The Kier molecular flexibility index (Phi) is 4.48. The first-order valence-corrected chi connectivity index (χ1v) is 8.04. The molecule has 7 heteroatoms. The van der Waals surface area contributed by atoms with Crippen molar-refractivity contribution in [1.29, 1.82) is 0 Å². The van der Waals surface area contributed by atoms with Gasteiger partial charge in [0.15, 0.2) is 0 Å². The summed E-state index contributed by atoms with van der Waals surface area (Å²) in [5.41, 5.74) is 1.54. The van der Waals surface area contributed by atoms with Gasteiger partial charge in [0.1, 0.15) is 0 Å².